The summed E-state index contributed by atoms with van der Waals surface area (Å²) in [5.41, 5.74) is -0.877. The van der Waals surface area contributed by atoms with Gasteiger partial charge in [0.15, 0.2) is 0 Å². The molecule has 34 heavy (non-hydrogen) atoms. The van der Waals surface area contributed by atoms with E-state index >= 15 is 0 Å². The van der Waals surface area contributed by atoms with Crippen molar-refractivity contribution in [1.82, 2.24) is 15.5 Å². The van der Waals surface area contributed by atoms with Crippen LogP contribution >= 0.6 is 0 Å². The maximum absolute atomic E-state index is 13.8. The lowest BCUT2D eigenvalue weighted by Crippen LogP contribution is -2.56. The number of amides is 3. The molecule has 0 aromatic heterocycles. The third-order valence-electron chi connectivity index (χ3n) is 7.89. The number of likely N-dealkylation sites (tertiary alicyclic amines) is 1. The number of unbranched alkanes of at least 4 members (excludes halogenated alkanes) is 1. The SMILES string of the molecule is CC(C)NC(=O)C1N(CCCCO)C(=O)[C@@H]2[C@H](C(=O)NCc3ccccc3)[C@@]3(C)OC12CC3C. The van der Waals surface area contributed by atoms with Gasteiger partial charge in [-0.2, -0.15) is 0 Å². The maximum Gasteiger partial charge on any atom is 0.246 e. The summed E-state index contributed by atoms with van der Waals surface area (Å²) in [4.78, 5) is 42.4. The van der Waals surface area contributed by atoms with Gasteiger partial charge in [0.05, 0.1) is 17.4 Å². The molecule has 8 heteroatoms. The van der Waals surface area contributed by atoms with Gasteiger partial charge in [-0.25, -0.2) is 0 Å². The van der Waals surface area contributed by atoms with E-state index in [1.807, 2.05) is 58.0 Å². The predicted molar refractivity (Wildman–Crippen MR) is 126 cm³/mol. The van der Waals surface area contributed by atoms with Gasteiger partial charge in [-0.1, -0.05) is 37.3 Å². The number of rotatable bonds is 9. The second-order valence-corrected chi connectivity index (χ2v) is 10.5. The number of hydrogen-bond donors (Lipinski definition) is 3. The molecule has 3 heterocycles. The molecular formula is C26H37N3O5. The van der Waals surface area contributed by atoms with Crippen molar-refractivity contribution in [2.75, 3.05) is 13.2 Å². The van der Waals surface area contributed by atoms with Gasteiger partial charge in [0.1, 0.15) is 11.6 Å². The number of nitrogens with one attached hydrogen (secondary N) is 2. The molecule has 3 unspecified atom stereocenters. The van der Waals surface area contributed by atoms with E-state index in [0.717, 1.165) is 5.56 Å². The predicted octanol–water partition coefficient (Wildman–Crippen LogP) is 1.61. The molecule has 8 nitrogen and oxygen atoms in total. The molecule has 1 aromatic carbocycles. The fourth-order valence-electron chi connectivity index (χ4n) is 6.33. The van der Waals surface area contributed by atoms with Crippen molar-refractivity contribution in [1.29, 1.82) is 0 Å². The van der Waals surface area contributed by atoms with Crippen LogP contribution in [0.1, 0.15) is 52.5 Å². The molecule has 3 N–H and O–H groups in total. The minimum Gasteiger partial charge on any atom is -0.396 e. The molecule has 3 aliphatic heterocycles. The molecule has 186 valence electrons. The molecule has 0 saturated carbocycles. The Kier molecular flexibility index (Phi) is 6.75. The molecule has 1 aromatic rings. The van der Waals surface area contributed by atoms with Crippen LogP contribution in [0.15, 0.2) is 30.3 Å². The summed E-state index contributed by atoms with van der Waals surface area (Å²) in [6.07, 6.45) is 1.67. The van der Waals surface area contributed by atoms with Gasteiger partial charge in [0.25, 0.3) is 0 Å². The molecule has 0 radical (unpaired) electrons. The highest BCUT2D eigenvalue weighted by molar-refractivity contribution is 5.99. The Morgan fingerprint density at radius 1 is 1.21 bits per heavy atom. The zero-order valence-electron chi connectivity index (χ0n) is 20.5. The first-order chi connectivity index (χ1) is 16.2. The molecule has 3 saturated heterocycles. The van der Waals surface area contributed by atoms with E-state index in [4.69, 9.17) is 4.74 Å². The van der Waals surface area contributed by atoms with Crippen molar-refractivity contribution in [2.24, 2.45) is 17.8 Å². The molecule has 6 atom stereocenters. The normalized spacial score (nSPS) is 33.9. The van der Waals surface area contributed by atoms with Crippen molar-refractivity contribution in [3.05, 3.63) is 35.9 Å². The molecule has 0 aliphatic carbocycles. The second-order valence-electron chi connectivity index (χ2n) is 10.5. The highest BCUT2D eigenvalue weighted by Crippen LogP contribution is 2.65. The molecule has 3 aliphatic rings. The van der Waals surface area contributed by atoms with E-state index in [0.29, 0.717) is 32.4 Å². The van der Waals surface area contributed by atoms with Gasteiger partial charge >= 0.3 is 0 Å². The Labute approximate surface area is 201 Å². The van der Waals surface area contributed by atoms with Crippen LogP contribution < -0.4 is 10.6 Å². The van der Waals surface area contributed by atoms with Gasteiger partial charge in [-0.3, -0.25) is 14.4 Å². The van der Waals surface area contributed by atoms with Crippen molar-refractivity contribution in [3.63, 3.8) is 0 Å². The number of hydrogen-bond acceptors (Lipinski definition) is 5. The van der Waals surface area contributed by atoms with Crippen molar-refractivity contribution < 1.29 is 24.2 Å². The zero-order chi connectivity index (χ0) is 24.7. The summed E-state index contributed by atoms with van der Waals surface area (Å²) in [6.45, 7) is 8.46. The molecule has 3 fully saturated rings. The number of carbonyl (C=O) groups excluding carboxylic acids is 3. The largest absolute Gasteiger partial charge is 0.396 e. The molecule has 3 amide bonds. The first kappa shape index (κ1) is 24.7. The highest BCUT2D eigenvalue weighted by atomic mass is 16.5. The van der Waals surface area contributed by atoms with E-state index in [1.54, 1.807) is 4.90 Å². The number of aliphatic hydroxyl groups is 1. The topological polar surface area (TPSA) is 108 Å². The average Bonchev–Trinajstić information content (AvgIpc) is 3.29. The van der Waals surface area contributed by atoms with Crippen LogP contribution in [0.5, 0.6) is 0 Å². The standard InChI is InChI=1S/C26H37N3O5/c1-16(2)28-23(32)21-26-14-17(3)25(4,34-26)19(20(26)24(33)29(21)12-8-9-13-30)22(31)27-15-18-10-6-5-7-11-18/h5-7,10-11,16-17,19-21,30H,8-9,12-15H2,1-4H3,(H,27,31)(H,28,32)/t17?,19-,20+,21?,25+,26?/m1/s1. The molecule has 2 bridgehead atoms. The number of benzene rings is 1. The molecular weight excluding hydrogens is 434 g/mol. The minimum atomic E-state index is -1.03. The minimum absolute atomic E-state index is 0.00997. The zero-order valence-corrected chi connectivity index (χ0v) is 20.5. The highest BCUT2D eigenvalue weighted by Gasteiger charge is 2.79. The fourth-order valence-corrected chi connectivity index (χ4v) is 6.33. The van der Waals surface area contributed by atoms with Crippen molar-refractivity contribution in [2.45, 2.75) is 76.8 Å². The maximum atomic E-state index is 13.8. The lowest BCUT2D eigenvalue weighted by molar-refractivity contribution is -0.147. The molecule has 1 spiro atoms. The second kappa shape index (κ2) is 9.30. The summed E-state index contributed by atoms with van der Waals surface area (Å²) in [7, 11) is 0. The summed E-state index contributed by atoms with van der Waals surface area (Å²) >= 11 is 0. The summed E-state index contributed by atoms with van der Waals surface area (Å²) < 4.78 is 6.66. The lowest BCUT2D eigenvalue weighted by atomic mass is 9.62. The third kappa shape index (κ3) is 3.90. The van der Waals surface area contributed by atoms with E-state index in [1.165, 1.54) is 0 Å². The van der Waals surface area contributed by atoms with E-state index in [2.05, 4.69) is 10.6 Å². The number of fused-ring (bicyclic) bond motifs is 1. The fraction of sp³-hybridized carbons (Fsp3) is 0.654. The Morgan fingerprint density at radius 3 is 2.56 bits per heavy atom. The van der Waals surface area contributed by atoms with Crippen LogP contribution in [-0.2, 0) is 25.7 Å². The van der Waals surface area contributed by atoms with Gasteiger partial charge in [-0.15, -0.1) is 0 Å². The number of carbonyl (C=O) groups is 3. The summed E-state index contributed by atoms with van der Waals surface area (Å²) in [5, 5.41) is 15.2. The lowest BCUT2D eigenvalue weighted by Gasteiger charge is -2.36. The first-order valence-corrected chi connectivity index (χ1v) is 12.4. The van der Waals surface area contributed by atoms with Gasteiger partial charge < -0.3 is 25.4 Å². The van der Waals surface area contributed by atoms with Crippen molar-refractivity contribution in [3.8, 4) is 0 Å². The van der Waals surface area contributed by atoms with Crippen LogP contribution in [-0.4, -0.2) is 64.2 Å². The monoisotopic (exact) mass is 471 g/mol. The summed E-state index contributed by atoms with van der Waals surface area (Å²) in [5.74, 6) is -2.02. The Balaban J connectivity index is 1.66. The van der Waals surface area contributed by atoms with Gasteiger partial charge in [0.2, 0.25) is 17.7 Å². The van der Waals surface area contributed by atoms with Gasteiger partial charge in [-0.05, 0) is 51.5 Å². The Hall–Kier alpha value is -2.45. The van der Waals surface area contributed by atoms with E-state index in [9.17, 15) is 19.5 Å². The third-order valence-corrected chi connectivity index (χ3v) is 7.89. The van der Waals surface area contributed by atoms with Gasteiger partial charge in [0, 0.05) is 25.7 Å². The number of aliphatic hydroxyl groups excluding tert-OH is 1. The smallest absolute Gasteiger partial charge is 0.246 e. The van der Waals surface area contributed by atoms with E-state index < -0.39 is 29.1 Å². The average molecular weight is 472 g/mol. The number of ether oxygens (including phenoxy) is 1. The summed E-state index contributed by atoms with van der Waals surface area (Å²) in [6, 6.07) is 8.77. The Morgan fingerprint density at radius 2 is 1.91 bits per heavy atom. The van der Waals surface area contributed by atoms with E-state index in [-0.39, 0.29) is 36.3 Å². The van der Waals surface area contributed by atoms with Crippen LogP contribution in [0.4, 0.5) is 0 Å². The van der Waals surface area contributed by atoms with Crippen LogP contribution in [0.2, 0.25) is 0 Å². The number of nitrogens with zero attached hydrogens (tertiary/aromatic N) is 1. The van der Waals surface area contributed by atoms with Crippen molar-refractivity contribution >= 4 is 17.7 Å². The van der Waals surface area contributed by atoms with Crippen LogP contribution in [0.3, 0.4) is 0 Å². The van der Waals surface area contributed by atoms with Crippen LogP contribution in [0, 0.1) is 17.8 Å². The Bertz CT molecular complexity index is 938. The quantitative estimate of drug-likeness (QED) is 0.474. The molecule has 4 rings (SSSR count). The first-order valence-electron chi connectivity index (χ1n) is 12.4. The van der Waals surface area contributed by atoms with Crippen LogP contribution in [0.25, 0.3) is 0 Å².